The first-order valence-electron chi connectivity index (χ1n) is 5.30. The fraction of sp³-hybridized carbons (Fsp3) is 0. The van der Waals surface area contributed by atoms with Crippen molar-refractivity contribution in [3.8, 4) is 0 Å². The van der Waals surface area contributed by atoms with Gasteiger partial charge in [-0.2, -0.15) is 0 Å². The first-order chi connectivity index (χ1) is 8.34. The average molecular weight is 224 g/mol. The Morgan fingerprint density at radius 3 is 2.53 bits per heavy atom. The second kappa shape index (κ2) is 5.61. The predicted molar refractivity (Wildman–Crippen MR) is 68.3 cm³/mol. The van der Waals surface area contributed by atoms with Gasteiger partial charge in [0.15, 0.2) is 0 Å². The molecule has 0 saturated heterocycles. The first-order valence-corrected chi connectivity index (χ1v) is 5.30. The summed E-state index contributed by atoms with van der Waals surface area (Å²) in [6.07, 6.45) is 4.84. The lowest BCUT2D eigenvalue weighted by Gasteiger charge is -2.00. The van der Waals surface area contributed by atoms with Crippen LogP contribution in [0, 0.1) is 0 Å². The van der Waals surface area contributed by atoms with E-state index in [0.29, 0.717) is 0 Å². The summed E-state index contributed by atoms with van der Waals surface area (Å²) in [6.45, 7) is 0. The summed E-state index contributed by atoms with van der Waals surface area (Å²) in [5.74, 6) is -0.165. The van der Waals surface area contributed by atoms with Crippen LogP contribution in [0.5, 0.6) is 0 Å². The number of benzene rings is 1. The molecular formula is C14H12N2O. The van der Waals surface area contributed by atoms with Crippen molar-refractivity contribution in [1.29, 1.82) is 0 Å². The molecule has 0 unspecified atom stereocenters. The predicted octanol–water partition coefficient (Wildman–Crippen LogP) is 2.73. The number of carbonyl (C=O) groups excluding carboxylic acids is 1. The summed E-state index contributed by atoms with van der Waals surface area (Å²) >= 11 is 0. The summed E-state index contributed by atoms with van der Waals surface area (Å²) in [6, 6.07) is 14.9. The molecule has 17 heavy (non-hydrogen) atoms. The normalized spacial score (nSPS) is 10.4. The zero-order valence-corrected chi connectivity index (χ0v) is 9.21. The molecule has 2 aromatic rings. The maximum atomic E-state index is 11.6. The van der Waals surface area contributed by atoms with Gasteiger partial charge in [-0.25, -0.2) is 0 Å². The third-order valence-corrected chi connectivity index (χ3v) is 2.13. The largest absolute Gasteiger partial charge is 0.323 e. The van der Waals surface area contributed by atoms with Crippen LogP contribution in [0.15, 0.2) is 60.8 Å². The number of amides is 1. The van der Waals surface area contributed by atoms with Gasteiger partial charge in [-0.3, -0.25) is 9.78 Å². The molecule has 0 bridgehead atoms. The van der Waals surface area contributed by atoms with Crippen molar-refractivity contribution in [2.75, 3.05) is 5.32 Å². The third kappa shape index (κ3) is 3.57. The Labute approximate surface area is 99.8 Å². The van der Waals surface area contributed by atoms with Crippen LogP contribution in [0.4, 0.5) is 5.69 Å². The summed E-state index contributed by atoms with van der Waals surface area (Å²) < 4.78 is 0. The number of rotatable bonds is 3. The quantitative estimate of drug-likeness (QED) is 0.814. The lowest BCUT2D eigenvalue weighted by Crippen LogP contribution is -2.07. The Kier molecular flexibility index (Phi) is 3.65. The number of nitrogens with one attached hydrogen (secondary N) is 1. The molecule has 0 aliphatic carbocycles. The van der Waals surface area contributed by atoms with Crippen LogP contribution in [0.25, 0.3) is 6.08 Å². The summed E-state index contributed by atoms with van der Waals surface area (Å²) in [5.41, 5.74) is 1.54. The van der Waals surface area contributed by atoms with Gasteiger partial charge in [-0.05, 0) is 30.3 Å². The fourth-order valence-corrected chi connectivity index (χ4v) is 1.34. The van der Waals surface area contributed by atoms with Crippen molar-refractivity contribution >= 4 is 17.7 Å². The minimum atomic E-state index is -0.165. The van der Waals surface area contributed by atoms with Gasteiger partial charge >= 0.3 is 0 Å². The van der Waals surface area contributed by atoms with Crippen LogP contribution in [-0.4, -0.2) is 10.9 Å². The standard InChI is InChI=1S/C14H12N2O/c17-14(16-13-7-2-1-3-8-13)10-9-12-6-4-5-11-15-12/h1-11H,(H,16,17)/b10-9-. The molecule has 1 amide bonds. The van der Waals surface area contributed by atoms with E-state index in [4.69, 9.17) is 0 Å². The maximum Gasteiger partial charge on any atom is 0.248 e. The monoisotopic (exact) mass is 224 g/mol. The Morgan fingerprint density at radius 2 is 1.82 bits per heavy atom. The minimum absolute atomic E-state index is 0.165. The molecule has 0 fully saturated rings. The van der Waals surface area contributed by atoms with E-state index in [9.17, 15) is 4.79 Å². The van der Waals surface area contributed by atoms with E-state index in [2.05, 4.69) is 10.3 Å². The average Bonchev–Trinajstić information content (AvgIpc) is 2.39. The van der Waals surface area contributed by atoms with Gasteiger partial charge in [0.25, 0.3) is 0 Å². The van der Waals surface area contributed by atoms with E-state index < -0.39 is 0 Å². The molecule has 1 N–H and O–H groups in total. The van der Waals surface area contributed by atoms with Crippen LogP contribution < -0.4 is 5.32 Å². The topological polar surface area (TPSA) is 42.0 Å². The number of anilines is 1. The Balaban J connectivity index is 1.96. The zero-order valence-electron chi connectivity index (χ0n) is 9.21. The molecule has 84 valence electrons. The number of pyridine rings is 1. The van der Waals surface area contributed by atoms with Gasteiger partial charge in [0, 0.05) is 18.0 Å². The molecule has 0 aliphatic rings. The van der Waals surface area contributed by atoms with Crippen molar-refractivity contribution < 1.29 is 4.79 Å². The highest BCUT2D eigenvalue weighted by Gasteiger charge is 1.96. The van der Waals surface area contributed by atoms with Crippen molar-refractivity contribution in [2.45, 2.75) is 0 Å². The lowest BCUT2D eigenvalue weighted by atomic mass is 10.3. The van der Waals surface area contributed by atoms with E-state index in [0.717, 1.165) is 11.4 Å². The van der Waals surface area contributed by atoms with E-state index in [1.807, 2.05) is 48.5 Å². The van der Waals surface area contributed by atoms with Gasteiger partial charge in [-0.15, -0.1) is 0 Å². The summed E-state index contributed by atoms with van der Waals surface area (Å²) in [4.78, 5) is 15.7. The van der Waals surface area contributed by atoms with Crippen LogP contribution in [0.3, 0.4) is 0 Å². The highest BCUT2D eigenvalue weighted by molar-refractivity contribution is 6.01. The second-order valence-corrected chi connectivity index (χ2v) is 3.44. The Hall–Kier alpha value is -2.42. The molecular weight excluding hydrogens is 212 g/mol. The number of para-hydroxylation sites is 1. The molecule has 0 atom stereocenters. The molecule has 0 saturated carbocycles. The smallest absolute Gasteiger partial charge is 0.248 e. The minimum Gasteiger partial charge on any atom is -0.323 e. The van der Waals surface area contributed by atoms with E-state index in [1.165, 1.54) is 6.08 Å². The number of hydrogen-bond acceptors (Lipinski definition) is 2. The summed E-state index contributed by atoms with van der Waals surface area (Å²) in [5, 5.41) is 2.76. The van der Waals surface area contributed by atoms with E-state index >= 15 is 0 Å². The van der Waals surface area contributed by atoms with Gasteiger partial charge < -0.3 is 5.32 Å². The Bertz CT molecular complexity index is 506. The zero-order chi connectivity index (χ0) is 11.9. The Morgan fingerprint density at radius 1 is 1.06 bits per heavy atom. The molecule has 1 aromatic heterocycles. The number of carbonyl (C=O) groups is 1. The molecule has 0 radical (unpaired) electrons. The van der Waals surface area contributed by atoms with Crippen molar-refractivity contribution in [3.63, 3.8) is 0 Å². The first kappa shape index (κ1) is 11.1. The van der Waals surface area contributed by atoms with Gasteiger partial charge in [0.1, 0.15) is 0 Å². The maximum absolute atomic E-state index is 11.6. The number of aromatic nitrogens is 1. The molecule has 3 nitrogen and oxygen atoms in total. The van der Waals surface area contributed by atoms with Crippen molar-refractivity contribution in [3.05, 3.63) is 66.5 Å². The van der Waals surface area contributed by atoms with Gasteiger partial charge in [0.2, 0.25) is 5.91 Å². The van der Waals surface area contributed by atoms with E-state index in [-0.39, 0.29) is 5.91 Å². The molecule has 0 aliphatic heterocycles. The number of nitrogens with zero attached hydrogens (tertiary/aromatic N) is 1. The second-order valence-electron chi connectivity index (χ2n) is 3.44. The molecule has 0 spiro atoms. The number of hydrogen-bond donors (Lipinski definition) is 1. The molecule has 1 heterocycles. The van der Waals surface area contributed by atoms with Crippen LogP contribution in [0.2, 0.25) is 0 Å². The van der Waals surface area contributed by atoms with Crippen molar-refractivity contribution in [1.82, 2.24) is 4.98 Å². The van der Waals surface area contributed by atoms with Crippen LogP contribution >= 0.6 is 0 Å². The molecule has 2 rings (SSSR count). The van der Waals surface area contributed by atoms with Gasteiger partial charge in [0.05, 0.1) is 5.69 Å². The van der Waals surface area contributed by atoms with E-state index in [1.54, 1.807) is 12.3 Å². The molecule has 1 aromatic carbocycles. The summed E-state index contributed by atoms with van der Waals surface area (Å²) in [7, 11) is 0. The SMILES string of the molecule is O=C(/C=C\c1ccccn1)Nc1ccccc1. The highest BCUT2D eigenvalue weighted by Crippen LogP contribution is 2.05. The molecule has 3 heteroatoms. The fourth-order valence-electron chi connectivity index (χ4n) is 1.34. The lowest BCUT2D eigenvalue weighted by molar-refractivity contribution is -0.111. The van der Waals surface area contributed by atoms with Crippen LogP contribution in [-0.2, 0) is 4.79 Å². The van der Waals surface area contributed by atoms with Crippen LogP contribution in [0.1, 0.15) is 5.69 Å². The highest BCUT2D eigenvalue weighted by atomic mass is 16.1. The van der Waals surface area contributed by atoms with Crippen molar-refractivity contribution in [2.24, 2.45) is 0 Å². The van der Waals surface area contributed by atoms with Gasteiger partial charge in [-0.1, -0.05) is 24.3 Å². The third-order valence-electron chi connectivity index (χ3n) is 2.13.